The Morgan fingerprint density at radius 3 is 2.85 bits per heavy atom. The largest absolute Gasteiger partial charge is 0.379 e. The number of nitrogens with one attached hydrogen (secondary N) is 1. The van der Waals surface area contributed by atoms with Crippen LogP contribution in [0.3, 0.4) is 0 Å². The Hall–Kier alpha value is -2.36. The zero-order chi connectivity index (χ0) is 14.1. The lowest BCUT2D eigenvalue weighted by Crippen LogP contribution is -2.24. The number of benzene rings is 2. The van der Waals surface area contributed by atoms with Crippen LogP contribution in [-0.2, 0) is 6.42 Å². The first kappa shape index (κ1) is 12.7. The van der Waals surface area contributed by atoms with Crippen molar-refractivity contribution in [2.24, 2.45) is 0 Å². The number of nitro groups is 1. The maximum Gasteiger partial charge on any atom is 0.292 e. The average Bonchev–Trinajstić information content (AvgIpc) is 2.39. The minimum absolute atomic E-state index is 0.142. The van der Waals surface area contributed by atoms with Crippen molar-refractivity contribution in [1.82, 2.24) is 0 Å². The summed E-state index contributed by atoms with van der Waals surface area (Å²) in [4.78, 5) is 10.7. The summed E-state index contributed by atoms with van der Waals surface area (Å²) in [7, 11) is 0. The number of nitro benzene ring substituents is 1. The summed E-state index contributed by atoms with van der Waals surface area (Å²) >= 11 is 0. The van der Waals surface area contributed by atoms with Crippen LogP contribution in [0.2, 0.25) is 0 Å². The molecule has 1 atom stereocenters. The Morgan fingerprint density at radius 1 is 1.30 bits per heavy atom. The number of hydrogen-bond donors (Lipinski definition) is 1. The summed E-state index contributed by atoms with van der Waals surface area (Å²) in [6.07, 6.45) is 1.04. The fourth-order valence-electron chi connectivity index (χ4n) is 2.73. The van der Waals surface area contributed by atoms with Gasteiger partial charge in [-0.15, -0.1) is 0 Å². The first-order chi connectivity index (χ1) is 9.65. The molecule has 0 aromatic heterocycles. The molecule has 0 saturated carbocycles. The molecule has 1 aliphatic carbocycles. The topological polar surface area (TPSA) is 55.2 Å². The summed E-state index contributed by atoms with van der Waals surface area (Å²) in [6.45, 7) is 2.68. The zero-order valence-electron chi connectivity index (χ0n) is 11.3. The van der Waals surface area contributed by atoms with Crippen molar-refractivity contribution >= 4 is 11.4 Å². The molecule has 3 rings (SSSR count). The van der Waals surface area contributed by atoms with E-state index >= 15 is 0 Å². The minimum Gasteiger partial charge on any atom is -0.379 e. The Balaban J connectivity index is 1.74. The molecule has 1 aliphatic rings. The van der Waals surface area contributed by atoms with Gasteiger partial charge in [0, 0.05) is 18.5 Å². The van der Waals surface area contributed by atoms with Gasteiger partial charge in [0.15, 0.2) is 0 Å². The van der Waals surface area contributed by atoms with E-state index in [2.05, 4.69) is 17.4 Å². The molecule has 0 heterocycles. The summed E-state index contributed by atoms with van der Waals surface area (Å²) in [5.41, 5.74) is 4.52. The van der Waals surface area contributed by atoms with Crippen molar-refractivity contribution in [3.8, 4) is 0 Å². The molecule has 20 heavy (non-hydrogen) atoms. The van der Waals surface area contributed by atoms with Gasteiger partial charge >= 0.3 is 0 Å². The van der Waals surface area contributed by atoms with Crippen LogP contribution in [0.1, 0.15) is 22.6 Å². The van der Waals surface area contributed by atoms with Gasteiger partial charge in [0.25, 0.3) is 5.69 Å². The van der Waals surface area contributed by atoms with Crippen molar-refractivity contribution in [3.05, 3.63) is 69.3 Å². The normalized spacial score (nSPS) is 16.1. The van der Waals surface area contributed by atoms with Gasteiger partial charge in [-0.3, -0.25) is 10.1 Å². The number of aryl methyl sites for hydroxylation is 1. The highest BCUT2D eigenvalue weighted by Gasteiger charge is 2.25. The highest BCUT2D eigenvalue weighted by atomic mass is 16.6. The van der Waals surface area contributed by atoms with Crippen molar-refractivity contribution in [2.45, 2.75) is 19.3 Å². The second kappa shape index (κ2) is 4.96. The number of fused-ring (bicyclic) bond motifs is 1. The summed E-state index contributed by atoms with van der Waals surface area (Å²) in [5, 5.41) is 14.3. The van der Waals surface area contributed by atoms with Crippen LogP contribution in [0.25, 0.3) is 0 Å². The van der Waals surface area contributed by atoms with E-state index in [1.54, 1.807) is 12.1 Å². The van der Waals surface area contributed by atoms with Crippen LogP contribution in [0.5, 0.6) is 0 Å². The highest BCUT2D eigenvalue weighted by molar-refractivity contribution is 5.63. The van der Waals surface area contributed by atoms with Crippen molar-refractivity contribution in [1.29, 1.82) is 0 Å². The molecule has 0 fully saturated rings. The Labute approximate surface area is 117 Å². The third-order valence-electron chi connectivity index (χ3n) is 3.85. The van der Waals surface area contributed by atoms with Gasteiger partial charge < -0.3 is 5.32 Å². The molecule has 102 valence electrons. The number of hydrogen-bond acceptors (Lipinski definition) is 3. The van der Waals surface area contributed by atoms with Crippen LogP contribution in [0.15, 0.2) is 42.5 Å². The van der Waals surface area contributed by atoms with Gasteiger partial charge in [-0.25, -0.2) is 0 Å². The molecule has 0 amide bonds. The third-order valence-corrected chi connectivity index (χ3v) is 3.85. The van der Waals surface area contributed by atoms with E-state index < -0.39 is 0 Å². The molecule has 2 aromatic carbocycles. The average molecular weight is 268 g/mol. The van der Waals surface area contributed by atoms with Gasteiger partial charge in [0.1, 0.15) is 5.69 Å². The van der Waals surface area contributed by atoms with Crippen molar-refractivity contribution in [3.63, 3.8) is 0 Å². The van der Waals surface area contributed by atoms with E-state index in [0.29, 0.717) is 11.6 Å². The smallest absolute Gasteiger partial charge is 0.292 e. The summed E-state index contributed by atoms with van der Waals surface area (Å²) in [5.74, 6) is 0.450. The predicted molar refractivity (Wildman–Crippen MR) is 79.2 cm³/mol. The molecule has 0 radical (unpaired) electrons. The molecule has 1 N–H and O–H groups in total. The maximum atomic E-state index is 11.0. The van der Waals surface area contributed by atoms with E-state index in [1.165, 1.54) is 11.1 Å². The van der Waals surface area contributed by atoms with E-state index in [1.807, 2.05) is 25.1 Å². The lowest BCUT2D eigenvalue weighted by atomic mass is 9.77. The first-order valence-corrected chi connectivity index (χ1v) is 6.72. The van der Waals surface area contributed by atoms with Crippen LogP contribution >= 0.6 is 0 Å². The van der Waals surface area contributed by atoms with E-state index in [-0.39, 0.29) is 10.6 Å². The summed E-state index contributed by atoms with van der Waals surface area (Å²) in [6, 6.07) is 13.5. The lowest BCUT2D eigenvalue weighted by molar-refractivity contribution is -0.384. The standard InChI is InChI=1S/C16H16N2O2/c1-11-6-7-16(18(19)20)15(8-11)17-10-13-9-12-4-2-3-5-14(12)13/h2-8,13,17H,9-10H2,1H3. The molecular weight excluding hydrogens is 252 g/mol. The fraction of sp³-hybridized carbons (Fsp3) is 0.250. The van der Waals surface area contributed by atoms with E-state index in [4.69, 9.17) is 0 Å². The zero-order valence-corrected chi connectivity index (χ0v) is 11.3. The minimum atomic E-state index is -0.337. The molecule has 2 aromatic rings. The second-order valence-electron chi connectivity index (χ2n) is 5.26. The predicted octanol–water partition coefficient (Wildman–Crippen LogP) is 3.66. The van der Waals surface area contributed by atoms with Gasteiger partial charge in [0.05, 0.1) is 4.92 Å². The highest BCUT2D eigenvalue weighted by Crippen LogP contribution is 2.35. The molecule has 0 bridgehead atoms. The molecule has 0 saturated heterocycles. The van der Waals surface area contributed by atoms with Gasteiger partial charge in [-0.2, -0.15) is 0 Å². The molecule has 4 heteroatoms. The van der Waals surface area contributed by atoms with Crippen LogP contribution in [-0.4, -0.2) is 11.5 Å². The Morgan fingerprint density at radius 2 is 2.10 bits per heavy atom. The van der Waals surface area contributed by atoms with Crippen LogP contribution < -0.4 is 5.32 Å². The van der Waals surface area contributed by atoms with Crippen LogP contribution in [0, 0.1) is 17.0 Å². The third kappa shape index (κ3) is 2.25. The van der Waals surface area contributed by atoms with Gasteiger partial charge in [-0.1, -0.05) is 30.3 Å². The number of rotatable bonds is 4. The molecule has 4 nitrogen and oxygen atoms in total. The SMILES string of the molecule is Cc1ccc([N+](=O)[O-])c(NCC2Cc3ccccc32)c1. The first-order valence-electron chi connectivity index (χ1n) is 6.72. The number of anilines is 1. The molecule has 0 spiro atoms. The quantitative estimate of drug-likeness (QED) is 0.680. The van der Waals surface area contributed by atoms with Gasteiger partial charge in [0.2, 0.25) is 0 Å². The molecule has 0 aliphatic heterocycles. The van der Waals surface area contributed by atoms with E-state index in [0.717, 1.165) is 18.5 Å². The fourth-order valence-corrected chi connectivity index (χ4v) is 2.73. The monoisotopic (exact) mass is 268 g/mol. The van der Waals surface area contributed by atoms with Crippen LogP contribution in [0.4, 0.5) is 11.4 Å². The summed E-state index contributed by atoms with van der Waals surface area (Å²) < 4.78 is 0. The second-order valence-corrected chi connectivity index (χ2v) is 5.26. The maximum absolute atomic E-state index is 11.0. The van der Waals surface area contributed by atoms with Crippen molar-refractivity contribution in [2.75, 3.05) is 11.9 Å². The van der Waals surface area contributed by atoms with Gasteiger partial charge in [-0.05, 0) is 36.1 Å². The molecule has 1 unspecified atom stereocenters. The van der Waals surface area contributed by atoms with E-state index in [9.17, 15) is 10.1 Å². The Kier molecular flexibility index (Phi) is 3.14. The van der Waals surface area contributed by atoms with Crippen molar-refractivity contribution < 1.29 is 4.92 Å². The lowest BCUT2D eigenvalue weighted by Gasteiger charge is -2.30. The Bertz CT molecular complexity index is 667. The number of nitrogens with zero attached hydrogens (tertiary/aromatic N) is 1. The molecular formula is C16H16N2O2.